The van der Waals surface area contributed by atoms with E-state index in [2.05, 4.69) is 5.32 Å². The van der Waals surface area contributed by atoms with Gasteiger partial charge in [-0.3, -0.25) is 9.59 Å². The molecule has 1 amide bonds. The monoisotopic (exact) mass is 278 g/mol. The molecule has 0 spiro atoms. The molecule has 1 aromatic carbocycles. The van der Waals surface area contributed by atoms with Crippen LogP contribution in [-0.4, -0.2) is 35.7 Å². The molecule has 1 heterocycles. The lowest BCUT2D eigenvalue weighted by atomic mass is 10.1. The summed E-state index contributed by atoms with van der Waals surface area (Å²) in [7, 11) is 0. The summed E-state index contributed by atoms with van der Waals surface area (Å²) in [5.41, 5.74) is 6.75. The van der Waals surface area contributed by atoms with Gasteiger partial charge in [0.2, 0.25) is 5.91 Å². The predicted octanol–water partition coefficient (Wildman–Crippen LogP) is 0.298. The third-order valence-electron chi connectivity index (χ3n) is 3.22. The summed E-state index contributed by atoms with van der Waals surface area (Å²) >= 11 is 0. The van der Waals surface area contributed by atoms with E-state index in [-0.39, 0.29) is 24.9 Å². The number of nitrogens with two attached hydrogens (primary N) is 1. The van der Waals surface area contributed by atoms with Crippen LogP contribution in [0.5, 0.6) is 5.75 Å². The van der Waals surface area contributed by atoms with Gasteiger partial charge in [0.25, 0.3) is 0 Å². The van der Waals surface area contributed by atoms with Crippen LogP contribution in [0.4, 0.5) is 0 Å². The van der Waals surface area contributed by atoms with Crippen molar-refractivity contribution >= 4 is 11.9 Å². The van der Waals surface area contributed by atoms with Crippen molar-refractivity contribution in [2.45, 2.75) is 31.4 Å². The SMILES string of the molecule is NC(CCC(=O)O)C(=O)NCC1Cc2ccccc2O1. The Balaban J connectivity index is 1.74. The summed E-state index contributed by atoms with van der Waals surface area (Å²) < 4.78 is 5.69. The molecular weight excluding hydrogens is 260 g/mol. The summed E-state index contributed by atoms with van der Waals surface area (Å²) in [5, 5.41) is 11.2. The summed E-state index contributed by atoms with van der Waals surface area (Å²) in [6.07, 6.45) is 0.677. The van der Waals surface area contributed by atoms with Crippen LogP contribution in [0.25, 0.3) is 0 Å². The van der Waals surface area contributed by atoms with Crippen LogP contribution in [0.3, 0.4) is 0 Å². The van der Waals surface area contributed by atoms with Crippen molar-refractivity contribution in [3.05, 3.63) is 29.8 Å². The quantitative estimate of drug-likeness (QED) is 0.694. The minimum atomic E-state index is -0.956. The zero-order valence-electron chi connectivity index (χ0n) is 11.0. The first-order valence-electron chi connectivity index (χ1n) is 6.56. The molecule has 1 aliphatic heterocycles. The van der Waals surface area contributed by atoms with Crippen molar-refractivity contribution in [1.29, 1.82) is 0 Å². The fourth-order valence-electron chi connectivity index (χ4n) is 2.12. The fourth-order valence-corrected chi connectivity index (χ4v) is 2.12. The number of hydrogen-bond acceptors (Lipinski definition) is 4. The smallest absolute Gasteiger partial charge is 0.303 e. The topological polar surface area (TPSA) is 102 Å². The number of carboxylic acids is 1. The zero-order valence-corrected chi connectivity index (χ0v) is 11.0. The van der Waals surface area contributed by atoms with E-state index in [1.807, 2.05) is 24.3 Å². The van der Waals surface area contributed by atoms with Gasteiger partial charge in [0.1, 0.15) is 11.9 Å². The van der Waals surface area contributed by atoms with Gasteiger partial charge < -0.3 is 20.9 Å². The number of benzene rings is 1. The number of rotatable bonds is 6. The van der Waals surface area contributed by atoms with E-state index in [0.717, 1.165) is 17.7 Å². The molecule has 0 saturated carbocycles. The number of para-hydroxylation sites is 1. The molecule has 2 atom stereocenters. The molecule has 1 aromatic rings. The first kappa shape index (κ1) is 14.3. The van der Waals surface area contributed by atoms with Gasteiger partial charge in [-0.25, -0.2) is 0 Å². The van der Waals surface area contributed by atoms with Crippen LogP contribution in [0, 0.1) is 0 Å². The lowest BCUT2D eigenvalue weighted by molar-refractivity contribution is -0.137. The first-order chi connectivity index (χ1) is 9.56. The molecule has 0 radical (unpaired) electrons. The van der Waals surface area contributed by atoms with Crippen LogP contribution in [0.15, 0.2) is 24.3 Å². The Morgan fingerprint density at radius 3 is 2.90 bits per heavy atom. The Labute approximate surface area is 116 Å². The minimum absolute atomic E-state index is 0.0944. The number of fused-ring (bicyclic) bond motifs is 1. The molecule has 20 heavy (non-hydrogen) atoms. The van der Waals surface area contributed by atoms with E-state index in [9.17, 15) is 9.59 Å². The molecule has 0 aromatic heterocycles. The molecule has 6 heteroatoms. The van der Waals surface area contributed by atoms with Gasteiger partial charge in [0, 0.05) is 12.8 Å². The van der Waals surface area contributed by atoms with Crippen molar-refractivity contribution in [2.24, 2.45) is 5.73 Å². The van der Waals surface area contributed by atoms with E-state index in [1.54, 1.807) is 0 Å². The summed E-state index contributed by atoms with van der Waals surface area (Å²) in [6, 6.07) is 6.95. The Morgan fingerprint density at radius 1 is 1.45 bits per heavy atom. The Bertz CT molecular complexity index is 479. The van der Waals surface area contributed by atoms with Crippen LogP contribution in [0.1, 0.15) is 18.4 Å². The van der Waals surface area contributed by atoms with Crippen LogP contribution >= 0.6 is 0 Å². The molecular formula is C14H18N2O4. The molecule has 6 nitrogen and oxygen atoms in total. The Morgan fingerprint density at radius 2 is 2.20 bits per heavy atom. The molecule has 0 fully saturated rings. The Kier molecular flexibility index (Phi) is 4.57. The lowest BCUT2D eigenvalue weighted by Gasteiger charge is -2.14. The van der Waals surface area contributed by atoms with E-state index in [0.29, 0.717) is 6.54 Å². The van der Waals surface area contributed by atoms with Crippen molar-refractivity contribution in [3.63, 3.8) is 0 Å². The number of aliphatic carboxylic acids is 1. The summed E-state index contributed by atoms with van der Waals surface area (Å²) in [6.45, 7) is 0.369. The average Bonchev–Trinajstić information content (AvgIpc) is 2.84. The number of carbonyl (C=O) groups excluding carboxylic acids is 1. The van der Waals surface area contributed by atoms with Crippen molar-refractivity contribution in [1.82, 2.24) is 5.32 Å². The molecule has 1 aliphatic rings. The van der Waals surface area contributed by atoms with Gasteiger partial charge in [-0.15, -0.1) is 0 Å². The van der Waals surface area contributed by atoms with Gasteiger partial charge in [-0.05, 0) is 18.1 Å². The summed E-state index contributed by atoms with van der Waals surface area (Å²) in [4.78, 5) is 22.1. The van der Waals surface area contributed by atoms with Crippen LogP contribution in [0.2, 0.25) is 0 Å². The van der Waals surface area contributed by atoms with Crippen molar-refractivity contribution < 1.29 is 19.4 Å². The van der Waals surface area contributed by atoms with Gasteiger partial charge >= 0.3 is 5.97 Å². The van der Waals surface area contributed by atoms with Crippen LogP contribution in [-0.2, 0) is 16.0 Å². The third-order valence-corrected chi connectivity index (χ3v) is 3.22. The van der Waals surface area contributed by atoms with Crippen molar-refractivity contribution in [3.8, 4) is 5.75 Å². The summed E-state index contributed by atoms with van der Waals surface area (Å²) in [5.74, 6) is -0.449. The largest absolute Gasteiger partial charge is 0.488 e. The molecule has 2 unspecified atom stereocenters. The van der Waals surface area contributed by atoms with E-state index < -0.39 is 12.0 Å². The first-order valence-corrected chi connectivity index (χ1v) is 6.56. The zero-order chi connectivity index (χ0) is 14.5. The maximum Gasteiger partial charge on any atom is 0.303 e. The highest BCUT2D eigenvalue weighted by Crippen LogP contribution is 2.27. The number of hydrogen-bond donors (Lipinski definition) is 3. The van der Waals surface area contributed by atoms with Crippen LogP contribution < -0.4 is 15.8 Å². The second-order valence-corrected chi connectivity index (χ2v) is 4.84. The van der Waals surface area contributed by atoms with Gasteiger partial charge in [0.15, 0.2) is 0 Å². The number of carbonyl (C=O) groups is 2. The standard InChI is InChI=1S/C14H18N2O4/c15-11(5-6-13(17)18)14(19)16-8-10-7-9-3-1-2-4-12(9)20-10/h1-4,10-11H,5-8,15H2,(H,16,19)(H,17,18). The number of nitrogens with one attached hydrogen (secondary N) is 1. The van der Waals surface area contributed by atoms with E-state index in [1.165, 1.54) is 0 Å². The van der Waals surface area contributed by atoms with Gasteiger partial charge in [-0.2, -0.15) is 0 Å². The highest BCUT2D eigenvalue weighted by Gasteiger charge is 2.23. The van der Waals surface area contributed by atoms with Crippen molar-refractivity contribution in [2.75, 3.05) is 6.54 Å². The Hall–Kier alpha value is -2.08. The second kappa shape index (κ2) is 6.38. The highest BCUT2D eigenvalue weighted by atomic mass is 16.5. The van der Waals surface area contributed by atoms with E-state index in [4.69, 9.17) is 15.6 Å². The second-order valence-electron chi connectivity index (χ2n) is 4.84. The highest BCUT2D eigenvalue weighted by molar-refractivity contribution is 5.82. The van der Waals surface area contributed by atoms with Gasteiger partial charge in [-0.1, -0.05) is 18.2 Å². The number of amides is 1. The molecule has 0 saturated heterocycles. The maximum absolute atomic E-state index is 11.7. The average molecular weight is 278 g/mol. The molecule has 4 N–H and O–H groups in total. The molecule has 2 rings (SSSR count). The lowest BCUT2D eigenvalue weighted by Crippen LogP contribution is -2.44. The number of ether oxygens (including phenoxy) is 1. The molecule has 108 valence electrons. The fraction of sp³-hybridized carbons (Fsp3) is 0.429. The molecule has 0 aliphatic carbocycles. The minimum Gasteiger partial charge on any atom is -0.488 e. The molecule has 0 bridgehead atoms. The predicted molar refractivity (Wildman–Crippen MR) is 72.4 cm³/mol. The maximum atomic E-state index is 11.7. The third kappa shape index (κ3) is 3.71. The number of carboxylic acid groups (broad SMARTS) is 1. The van der Waals surface area contributed by atoms with Gasteiger partial charge in [0.05, 0.1) is 12.6 Å². The van der Waals surface area contributed by atoms with E-state index >= 15 is 0 Å². The normalized spacial score (nSPS) is 17.9.